The number of anilines is 1. The average Bonchev–Trinajstić information content (AvgIpc) is 2.91. The van der Waals surface area contributed by atoms with Crippen molar-refractivity contribution in [3.63, 3.8) is 0 Å². The number of esters is 1. The Labute approximate surface area is 104 Å². The number of furan rings is 1. The van der Waals surface area contributed by atoms with Crippen LogP contribution in [0.3, 0.4) is 0 Å². The van der Waals surface area contributed by atoms with E-state index in [2.05, 4.69) is 20.0 Å². The van der Waals surface area contributed by atoms with E-state index in [1.165, 1.54) is 13.3 Å². The second-order valence-electron chi connectivity index (χ2n) is 3.51. The molecular formula is C12H13N3O3. The SMILES string of the molecule is COC(=O)c1nccc(NCCc2ccco2)n1. The van der Waals surface area contributed by atoms with Crippen LogP contribution in [0.2, 0.25) is 0 Å². The highest BCUT2D eigenvalue weighted by molar-refractivity contribution is 5.85. The average molecular weight is 247 g/mol. The zero-order valence-electron chi connectivity index (χ0n) is 9.92. The fourth-order valence-electron chi connectivity index (χ4n) is 1.42. The van der Waals surface area contributed by atoms with Crippen molar-refractivity contribution < 1.29 is 13.9 Å². The predicted molar refractivity (Wildman–Crippen MR) is 64.3 cm³/mol. The van der Waals surface area contributed by atoms with Crippen LogP contribution in [-0.4, -0.2) is 29.6 Å². The van der Waals surface area contributed by atoms with Crippen molar-refractivity contribution in [1.29, 1.82) is 0 Å². The fourth-order valence-corrected chi connectivity index (χ4v) is 1.42. The Morgan fingerprint density at radius 2 is 2.39 bits per heavy atom. The number of nitrogens with zero attached hydrogens (tertiary/aromatic N) is 2. The molecule has 1 N–H and O–H groups in total. The van der Waals surface area contributed by atoms with Gasteiger partial charge in [0.05, 0.1) is 13.4 Å². The smallest absolute Gasteiger partial charge is 0.376 e. The van der Waals surface area contributed by atoms with Crippen LogP contribution < -0.4 is 5.32 Å². The highest BCUT2D eigenvalue weighted by Crippen LogP contribution is 2.05. The van der Waals surface area contributed by atoms with Gasteiger partial charge in [0, 0.05) is 19.2 Å². The van der Waals surface area contributed by atoms with Crippen LogP contribution in [0.25, 0.3) is 0 Å². The van der Waals surface area contributed by atoms with E-state index in [0.29, 0.717) is 12.4 Å². The van der Waals surface area contributed by atoms with Crippen molar-refractivity contribution in [2.24, 2.45) is 0 Å². The van der Waals surface area contributed by atoms with Gasteiger partial charge >= 0.3 is 5.97 Å². The van der Waals surface area contributed by atoms with Gasteiger partial charge in [0.2, 0.25) is 5.82 Å². The second kappa shape index (κ2) is 5.81. The van der Waals surface area contributed by atoms with Crippen LogP contribution in [0.1, 0.15) is 16.4 Å². The van der Waals surface area contributed by atoms with Gasteiger partial charge in [-0.3, -0.25) is 0 Å². The summed E-state index contributed by atoms with van der Waals surface area (Å²) < 4.78 is 9.75. The number of ether oxygens (including phenoxy) is 1. The summed E-state index contributed by atoms with van der Waals surface area (Å²) in [5.74, 6) is 0.965. The molecule has 0 aromatic carbocycles. The lowest BCUT2D eigenvalue weighted by Crippen LogP contribution is -2.11. The lowest BCUT2D eigenvalue weighted by molar-refractivity contribution is 0.0587. The van der Waals surface area contributed by atoms with E-state index in [4.69, 9.17) is 4.42 Å². The van der Waals surface area contributed by atoms with Gasteiger partial charge in [-0.1, -0.05) is 0 Å². The lowest BCUT2D eigenvalue weighted by atomic mass is 10.3. The molecule has 2 aromatic rings. The molecule has 0 aliphatic carbocycles. The molecule has 0 fully saturated rings. The minimum absolute atomic E-state index is 0.0421. The largest absolute Gasteiger partial charge is 0.469 e. The van der Waals surface area contributed by atoms with Gasteiger partial charge in [-0.25, -0.2) is 14.8 Å². The Kier molecular flexibility index (Phi) is 3.90. The molecule has 94 valence electrons. The monoisotopic (exact) mass is 247 g/mol. The normalized spacial score (nSPS) is 10.1. The zero-order valence-corrected chi connectivity index (χ0v) is 9.92. The van der Waals surface area contributed by atoms with Gasteiger partial charge in [0.25, 0.3) is 0 Å². The third kappa shape index (κ3) is 3.07. The van der Waals surface area contributed by atoms with Crippen LogP contribution in [0.4, 0.5) is 5.82 Å². The molecule has 0 saturated carbocycles. The molecular weight excluding hydrogens is 234 g/mol. The lowest BCUT2D eigenvalue weighted by Gasteiger charge is -2.05. The number of hydrogen-bond acceptors (Lipinski definition) is 6. The molecule has 0 atom stereocenters. The Bertz CT molecular complexity index is 511. The zero-order chi connectivity index (χ0) is 12.8. The summed E-state index contributed by atoms with van der Waals surface area (Å²) in [7, 11) is 1.29. The Balaban J connectivity index is 1.91. The maximum absolute atomic E-state index is 11.2. The van der Waals surface area contributed by atoms with Crippen molar-refractivity contribution in [1.82, 2.24) is 9.97 Å². The summed E-state index contributed by atoms with van der Waals surface area (Å²) in [6.45, 7) is 0.658. The number of aromatic nitrogens is 2. The first-order valence-corrected chi connectivity index (χ1v) is 5.47. The van der Waals surface area contributed by atoms with Crippen LogP contribution in [-0.2, 0) is 11.2 Å². The summed E-state index contributed by atoms with van der Waals surface area (Å²) in [5, 5.41) is 3.08. The fraction of sp³-hybridized carbons (Fsp3) is 0.250. The summed E-state index contributed by atoms with van der Waals surface area (Å²) in [4.78, 5) is 19.1. The van der Waals surface area contributed by atoms with Crippen molar-refractivity contribution in [3.8, 4) is 0 Å². The Morgan fingerprint density at radius 3 is 3.11 bits per heavy atom. The molecule has 0 bridgehead atoms. The molecule has 0 spiro atoms. The van der Waals surface area contributed by atoms with Crippen molar-refractivity contribution in [3.05, 3.63) is 42.2 Å². The van der Waals surface area contributed by atoms with Crippen molar-refractivity contribution >= 4 is 11.8 Å². The quantitative estimate of drug-likeness (QED) is 0.807. The van der Waals surface area contributed by atoms with E-state index < -0.39 is 5.97 Å². The Hall–Kier alpha value is -2.37. The Morgan fingerprint density at radius 1 is 1.50 bits per heavy atom. The van der Waals surface area contributed by atoms with Crippen molar-refractivity contribution in [2.45, 2.75) is 6.42 Å². The highest BCUT2D eigenvalue weighted by atomic mass is 16.5. The molecule has 6 nitrogen and oxygen atoms in total. The molecule has 2 heterocycles. The standard InChI is InChI=1S/C12H13N3O3/c1-17-12(16)11-14-7-5-10(15-11)13-6-4-9-3-2-8-18-9/h2-3,5,7-8H,4,6H2,1H3,(H,13,14,15). The van der Waals surface area contributed by atoms with E-state index >= 15 is 0 Å². The number of nitrogens with one attached hydrogen (secondary N) is 1. The van der Waals surface area contributed by atoms with E-state index in [1.54, 1.807) is 12.3 Å². The third-order valence-corrected chi connectivity index (χ3v) is 2.28. The summed E-state index contributed by atoms with van der Waals surface area (Å²) in [6, 6.07) is 5.44. The third-order valence-electron chi connectivity index (χ3n) is 2.28. The molecule has 18 heavy (non-hydrogen) atoms. The van der Waals surface area contributed by atoms with E-state index in [-0.39, 0.29) is 5.82 Å². The maximum atomic E-state index is 11.2. The van der Waals surface area contributed by atoms with Gasteiger partial charge in [-0.05, 0) is 18.2 Å². The van der Waals surface area contributed by atoms with Crippen LogP contribution in [0.5, 0.6) is 0 Å². The van der Waals surface area contributed by atoms with Crippen LogP contribution in [0, 0.1) is 0 Å². The topological polar surface area (TPSA) is 77.2 Å². The first kappa shape index (κ1) is 12.1. The summed E-state index contributed by atoms with van der Waals surface area (Å²) >= 11 is 0. The molecule has 0 amide bonds. The van der Waals surface area contributed by atoms with Crippen LogP contribution >= 0.6 is 0 Å². The second-order valence-corrected chi connectivity index (χ2v) is 3.51. The van der Waals surface area contributed by atoms with Gasteiger partial charge in [0.15, 0.2) is 0 Å². The molecule has 0 unspecified atom stereocenters. The number of carbonyl (C=O) groups excluding carboxylic acids is 1. The van der Waals surface area contributed by atoms with E-state index in [9.17, 15) is 4.79 Å². The maximum Gasteiger partial charge on any atom is 0.376 e. The molecule has 0 aliphatic rings. The predicted octanol–water partition coefficient (Wildman–Crippen LogP) is 1.51. The minimum atomic E-state index is -0.551. The molecule has 2 aromatic heterocycles. The number of carbonyl (C=O) groups is 1. The summed E-state index contributed by atoms with van der Waals surface area (Å²) in [6.07, 6.45) is 3.88. The molecule has 0 aliphatic heterocycles. The van der Waals surface area contributed by atoms with E-state index in [1.807, 2.05) is 12.1 Å². The molecule has 0 saturated heterocycles. The van der Waals surface area contributed by atoms with Crippen LogP contribution in [0.15, 0.2) is 35.1 Å². The van der Waals surface area contributed by atoms with Gasteiger partial charge in [-0.15, -0.1) is 0 Å². The summed E-state index contributed by atoms with van der Waals surface area (Å²) in [5.41, 5.74) is 0. The van der Waals surface area contributed by atoms with Gasteiger partial charge in [-0.2, -0.15) is 0 Å². The molecule has 2 rings (SSSR count). The molecule has 0 radical (unpaired) electrons. The minimum Gasteiger partial charge on any atom is -0.469 e. The first-order chi connectivity index (χ1) is 8.79. The van der Waals surface area contributed by atoms with Gasteiger partial charge < -0.3 is 14.5 Å². The highest BCUT2D eigenvalue weighted by Gasteiger charge is 2.09. The van der Waals surface area contributed by atoms with Crippen molar-refractivity contribution in [2.75, 3.05) is 19.0 Å². The van der Waals surface area contributed by atoms with E-state index in [0.717, 1.165) is 12.2 Å². The van der Waals surface area contributed by atoms with Gasteiger partial charge in [0.1, 0.15) is 11.6 Å². The number of rotatable bonds is 5. The number of methoxy groups -OCH3 is 1. The number of hydrogen-bond donors (Lipinski definition) is 1. The molecule has 6 heteroatoms. The first-order valence-electron chi connectivity index (χ1n) is 5.47.